The van der Waals surface area contributed by atoms with E-state index in [1.54, 1.807) is 11.8 Å². The average Bonchev–Trinajstić information content (AvgIpc) is 2.62. The molecule has 2 unspecified atom stereocenters. The molecule has 3 N–H and O–H groups in total. The van der Waals surface area contributed by atoms with E-state index >= 15 is 0 Å². The minimum atomic E-state index is -0.824. The van der Waals surface area contributed by atoms with Gasteiger partial charge in [0.05, 0.1) is 5.41 Å². The molecule has 1 saturated heterocycles. The van der Waals surface area contributed by atoms with Gasteiger partial charge in [-0.15, -0.1) is 0 Å². The largest absolute Gasteiger partial charge is 0.481 e. The summed E-state index contributed by atoms with van der Waals surface area (Å²) in [5.41, 5.74) is 4.68. The molecule has 0 aromatic heterocycles. The lowest BCUT2D eigenvalue weighted by molar-refractivity contribution is -0.147. The van der Waals surface area contributed by atoms with E-state index in [1.807, 2.05) is 6.92 Å². The van der Waals surface area contributed by atoms with E-state index in [9.17, 15) is 9.59 Å². The predicted molar refractivity (Wildman–Crippen MR) is 59.8 cm³/mol. The zero-order valence-electron chi connectivity index (χ0n) is 9.90. The van der Waals surface area contributed by atoms with Gasteiger partial charge in [-0.25, -0.2) is 0 Å². The molecule has 0 bridgehead atoms. The third-order valence-electron chi connectivity index (χ3n) is 3.27. The molecule has 0 spiro atoms. The number of nitrogens with zero attached hydrogens (tertiary/aromatic N) is 1. The van der Waals surface area contributed by atoms with Crippen molar-refractivity contribution in [2.24, 2.45) is 17.1 Å². The molecule has 0 aromatic carbocycles. The summed E-state index contributed by atoms with van der Waals surface area (Å²) >= 11 is 0. The lowest BCUT2D eigenvalue weighted by Crippen LogP contribution is -2.35. The van der Waals surface area contributed by atoms with Gasteiger partial charge >= 0.3 is 5.97 Å². The van der Waals surface area contributed by atoms with Crippen LogP contribution in [0.25, 0.3) is 0 Å². The number of nitrogens with two attached hydrogens (primary N) is 1. The first kappa shape index (κ1) is 13.0. The van der Waals surface area contributed by atoms with Crippen molar-refractivity contribution in [2.75, 3.05) is 19.6 Å². The number of carboxylic acid groups (broad SMARTS) is 1. The fourth-order valence-corrected chi connectivity index (χ4v) is 1.86. The summed E-state index contributed by atoms with van der Waals surface area (Å²) in [7, 11) is 0. The molecule has 0 aliphatic carbocycles. The Kier molecular flexibility index (Phi) is 3.91. The number of likely N-dealkylation sites (tertiary alicyclic amines) is 1. The minimum Gasteiger partial charge on any atom is -0.481 e. The SMILES string of the molecule is CC(CN)CC(=O)N1CCC(C)(C(=O)O)C1. The van der Waals surface area contributed by atoms with Crippen LogP contribution < -0.4 is 5.73 Å². The van der Waals surface area contributed by atoms with Crippen molar-refractivity contribution >= 4 is 11.9 Å². The zero-order chi connectivity index (χ0) is 12.3. The van der Waals surface area contributed by atoms with Gasteiger partial charge in [0.1, 0.15) is 0 Å². The van der Waals surface area contributed by atoms with E-state index in [0.717, 1.165) is 0 Å². The molecule has 0 radical (unpaired) electrons. The Bertz CT molecular complexity index is 293. The van der Waals surface area contributed by atoms with Crippen LogP contribution >= 0.6 is 0 Å². The number of hydrogen-bond donors (Lipinski definition) is 2. The monoisotopic (exact) mass is 228 g/mol. The van der Waals surface area contributed by atoms with Crippen LogP contribution in [0.3, 0.4) is 0 Å². The molecule has 0 saturated carbocycles. The summed E-state index contributed by atoms with van der Waals surface area (Å²) in [6.07, 6.45) is 0.942. The zero-order valence-corrected chi connectivity index (χ0v) is 9.90. The first-order chi connectivity index (χ1) is 7.39. The Morgan fingerprint density at radius 1 is 1.56 bits per heavy atom. The molecular formula is C11H20N2O3. The summed E-state index contributed by atoms with van der Waals surface area (Å²) in [6.45, 7) is 4.95. The van der Waals surface area contributed by atoms with Crippen molar-refractivity contribution in [3.05, 3.63) is 0 Å². The average molecular weight is 228 g/mol. The summed E-state index contributed by atoms with van der Waals surface area (Å²) in [6, 6.07) is 0. The molecule has 16 heavy (non-hydrogen) atoms. The maximum atomic E-state index is 11.8. The van der Waals surface area contributed by atoms with Gasteiger partial charge in [0.2, 0.25) is 5.91 Å². The number of carboxylic acids is 1. The maximum absolute atomic E-state index is 11.8. The summed E-state index contributed by atoms with van der Waals surface area (Å²) in [5.74, 6) is -0.651. The molecule has 1 fully saturated rings. The van der Waals surface area contributed by atoms with Gasteiger partial charge in [-0.05, 0) is 25.8 Å². The van der Waals surface area contributed by atoms with Gasteiger partial charge in [-0.1, -0.05) is 6.92 Å². The van der Waals surface area contributed by atoms with Gasteiger partial charge in [0, 0.05) is 19.5 Å². The van der Waals surface area contributed by atoms with Crippen molar-refractivity contribution in [1.82, 2.24) is 4.90 Å². The highest BCUT2D eigenvalue weighted by Gasteiger charge is 2.41. The van der Waals surface area contributed by atoms with Gasteiger partial charge in [0.15, 0.2) is 0 Å². The molecule has 5 heteroatoms. The topological polar surface area (TPSA) is 83.6 Å². The van der Waals surface area contributed by atoms with Gasteiger partial charge < -0.3 is 15.7 Å². The molecule has 92 valence electrons. The first-order valence-corrected chi connectivity index (χ1v) is 5.60. The highest BCUT2D eigenvalue weighted by atomic mass is 16.4. The molecule has 1 rings (SSSR count). The lowest BCUT2D eigenvalue weighted by Gasteiger charge is -2.21. The first-order valence-electron chi connectivity index (χ1n) is 5.60. The fourth-order valence-electron chi connectivity index (χ4n) is 1.86. The van der Waals surface area contributed by atoms with Gasteiger partial charge in [0.25, 0.3) is 0 Å². The van der Waals surface area contributed by atoms with E-state index in [0.29, 0.717) is 32.5 Å². The fraction of sp³-hybridized carbons (Fsp3) is 0.818. The molecular weight excluding hydrogens is 208 g/mol. The van der Waals surface area contributed by atoms with Gasteiger partial charge in [-0.2, -0.15) is 0 Å². The molecule has 1 amide bonds. The quantitative estimate of drug-likeness (QED) is 0.724. The third-order valence-corrected chi connectivity index (χ3v) is 3.27. The second kappa shape index (κ2) is 4.82. The number of hydrogen-bond acceptors (Lipinski definition) is 3. The van der Waals surface area contributed by atoms with E-state index < -0.39 is 11.4 Å². The third kappa shape index (κ3) is 2.72. The van der Waals surface area contributed by atoms with E-state index in [-0.39, 0.29) is 11.8 Å². The van der Waals surface area contributed by atoms with Crippen molar-refractivity contribution in [1.29, 1.82) is 0 Å². The normalized spacial score (nSPS) is 26.8. The van der Waals surface area contributed by atoms with Crippen molar-refractivity contribution < 1.29 is 14.7 Å². The highest BCUT2D eigenvalue weighted by molar-refractivity contribution is 5.80. The second-order valence-electron chi connectivity index (χ2n) is 4.98. The number of aliphatic carboxylic acids is 1. The van der Waals surface area contributed by atoms with Crippen LogP contribution in [0.15, 0.2) is 0 Å². The summed E-state index contributed by atoms with van der Waals surface area (Å²) in [5, 5.41) is 9.04. The Hall–Kier alpha value is -1.10. The van der Waals surface area contributed by atoms with E-state index in [4.69, 9.17) is 10.8 Å². The van der Waals surface area contributed by atoms with Crippen molar-refractivity contribution in [2.45, 2.75) is 26.7 Å². The smallest absolute Gasteiger partial charge is 0.311 e. The van der Waals surface area contributed by atoms with Crippen LogP contribution in [0.4, 0.5) is 0 Å². The Labute approximate surface area is 95.6 Å². The number of rotatable bonds is 4. The molecule has 1 aliphatic heterocycles. The molecule has 2 atom stereocenters. The predicted octanol–water partition coefficient (Wildman–Crippen LogP) is 0.295. The lowest BCUT2D eigenvalue weighted by atomic mass is 9.90. The standard InChI is InChI=1S/C11H20N2O3/c1-8(6-12)5-9(14)13-4-3-11(2,7-13)10(15)16/h8H,3-7,12H2,1-2H3,(H,15,16). The van der Waals surface area contributed by atoms with Gasteiger partial charge in [-0.3, -0.25) is 9.59 Å². The summed E-state index contributed by atoms with van der Waals surface area (Å²) < 4.78 is 0. The number of carbonyl (C=O) groups is 2. The van der Waals surface area contributed by atoms with Crippen LogP contribution in [0, 0.1) is 11.3 Å². The van der Waals surface area contributed by atoms with E-state index in [2.05, 4.69) is 0 Å². The minimum absolute atomic E-state index is 0.0166. The number of amides is 1. The maximum Gasteiger partial charge on any atom is 0.311 e. The van der Waals surface area contributed by atoms with Crippen LogP contribution in [0.2, 0.25) is 0 Å². The van der Waals surface area contributed by atoms with E-state index in [1.165, 1.54) is 0 Å². The Balaban J connectivity index is 2.53. The second-order valence-corrected chi connectivity index (χ2v) is 4.98. The van der Waals surface area contributed by atoms with Crippen LogP contribution in [0.1, 0.15) is 26.7 Å². The van der Waals surface area contributed by atoms with Crippen molar-refractivity contribution in [3.63, 3.8) is 0 Å². The van der Waals surface area contributed by atoms with Crippen molar-refractivity contribution in [3.8, 4) is 0 Å². The highest BCUT2D eigenvalue weighted by Crippen LogP contribution is 2.30. The Morgan fingerprint density at radius 2 is 2.19 bits per heavy atom. The van der Waals surface area contributed by atoms with Crippen LogP contribution in [-0.2, 0) is 9.59 Å². The number of carbonyl (C=O) groups excluding carboxylic acids is 1. The van der Waals surface area contributed by atoms with Crippen LogP contribution in [-0.4, -0.2) is 41.5 Å². The summed E-state index contributed by atoms with van der Waals surface area (Å²) in [4.78, 5) is 24.5. The molecule has 0 aromatic rings. The Morgan fingerprint density at radius 3 is 2.62 bits per heavy atom. The molecule has 5 nitrogen and oxygen atoms in total. The molecule has 1 heterocycles. The molecule has 1 aliphatic rings. The van der Waals surface area contributed by atoms with Crippen LogP contribution in [0.5, 0.6) is 0 Å².